The largest absolute Gasteiger partial charge is 0.481 e. The molecule has 2 saturated heterocycles. The first-order valence-corrected chi connectivity index (χ1v) is 10.6. The number of hydrogen-bond donors (Lipinski definition) is 1. The van der Waals surface area contributed by atoms with Crippen LogP contribution < -0.4 is 0 Å². The third kappa shape index (κ3) is 3.86. The Kier molecular flexibility index (Phi) is 5.57. The monoisotopic (exact) mass is 399 g/mol. The molecular weight excluding hydrogens is 374 g/mol. The van der Waals surface area contributed by atoms with Crippen molar-refractivity contribution in [2.75, 3.05) is 26.2 Å². The molecule has 0 aliphatic carbocycles. The van der Waals surface area contributed by atoms with Gasteiger partial charge in [0.1, 0.15) is 10.6 Å². The van der Waals surface area contributed by atoms with E-state index in [1.807, 2.05) is 0 Å². The molecule has 2 aliphatic heterocycles. The van der Waals surface area contributed by atoms with Gasteiger partial charge in [0, 0.05) is 32.1 Å². The Labute approximate surface area is 158 Å². The van der Waals surface area contributed by atoms with Crippen LogP contribution in [-0.4, -0.2) is 65.9 Å². The average molecular weight is 399 g/mol. The number of amides is 1. The Morgan fingerprint density at radius 1 is 1.11 bits per heavy atom. The Morgan fingerprint density at radius 3 is 2.33 bits per heavy atom. The minimum atomic E-state index is -3.70. The maximum Gasteiger partial charge on any atom is 0.308 e. The number of aromatic nitrogens is 1. The van der Waals surface area contributed by atoms with Crippen LogP contribution in [0, 0.1) is 25.7 Å². The lowest BCUT2D eigenvalue weighted by Gasteiger charge is -2.36. The summed E-state index contributed by atoms with van der Waals surface area (Å²) in [5.74, 6) is -1.45. The van der Waals surface area contributed by atoms with E-state index in [4.69, 9.17) is 4.52 Å². The number of piperidine rings is 2. The molecule has 3 rings (SSSR count). The lowest BCUT2D eigenvalue weighted by Crippen LogP contribution is -2.48. The molecule has 10 heteroatoms. The molecule has 1 aromatic heterocycles. The maximum absolute atomic E-state index is 12.9. The smallest absolute Gasteiger partial charge is 0.308 e. The number of aliphatic carboxylic acids is 1. The van der Waals surface area contributed by atoms with Crippen molar-refractivity contribution < 1.29 is 27.6 Å². The van der Waals surface area contributed by atoms with Crippen LogP contribution in [0.3, 0.4) is 0 Å². The van der Waals surface area contributed by atoms with Crippen molar-refractivity contribution in [1.82, 2.24) is 14.4 Å². The van der Waals surface area contributed by atoms with Gasteiger partial charge >= 0.3 is 5.97 Å². The number of likely N-dealkylation sites (tertiary alicyclic amines) is 1. The molecule has 150 valence electrons. The summed E-state index contributed by atoms with van der Waals surface area (Å²) in [7, 11) is -3.70. The number of aryl methyl sites for hydroxylation is 2. The van der Waals surface area contributed by atoms with E-state index in [0.29, 0.717) is 37.9 Å². The van der Waals surface area contributed by atoms with Gasteiger partial charge in [-0.05, 0) is 39.5 Å². The quantitative estimate of drug-likeness (QED) is 0.802. The van der Waals surface area contributed by atoms with Gasteiger partial charge in [0.2, 0.25) is 15.9 Å². The first kappa shape index (κ1) is 19.8. The topological polar surface area (TPSA) is 121 Å². The highest BCUT2D eigenvalue weighted by Crippen LogP contribution is 2.29. The van der Waals surface area contributed by atoms with Gasteiger partial charge in [-0.25, -0.2) is 8.42 Å². The second kappa shape index (κ2) is 7.59. The standard InChI is InChI=1S/C17H25N3O6S/c1-11-15(12(2)26-18-11)27(24,25)20-8-5-13(6-9-20)16(21)19-7-3-4-14(10-19)17(22)23/h13-14H,3-10H2,1-2H3,(H,22,23). The summed E-state index contributed by atoms with van der Waals surface area (Å²) in [6, 6.07) is 0. The van der Waals surface area contributed by atoms with Gasteiger partial charge in [0.25, 0.3) is 0 Å². The van der Waals surface area contributed by atoms with Crippen LogP contribution in [0.25, 0.3) is 0 Å². The van der Waals surface area contributed by atoms with E-state index >= 15 is 0 Å². The zero-order valence-electron chi connectivity index (χ0n) is 15.5. The Morgan fingerprint density at radius 2 is 1.78 bits per heavy atom. The van der Waals surface area contributed by atoms with E-state index < -0.39 is 21.9 Å². The molecule has 0 radical (unpaired) electrons. The van der Waals surface area contributed by atoms with Gasteiger partial charge < -0.3 is 14.5 Å². The van der Waals surface area contributed by atoms with Crippen LogP contribution in [0.4, 0.5) is 0 Å². The lowest BCUT2D eigenvalue weighted by molar-refractivity contribution is -0.147. The molecule has 3 heterocycles. The van der Waals surface area contributed by atoms with Crippen LogP contribution in [0.15, 0.2) is 9.42 Å². The normalized spacial score (nSPS) is 22.7. The number of carbonyl (C=O) groups excluding carboxylic acids is 1. The first-order chi connectivity index (χ1) is 12.7. The Bertz CT molecular complexity index is 806. The molecule has 2 aliphatic rings. The van der Waals surface area contributed by atoms with Crippen LogP contribution in [-0.2, 0) is 19.6 Å². The van der Waals surface area contributed by atoms with Crippen molar-refractivity contribution in [3.8, 4) is 0 Å². The van der Waals surface area contributed by atoms with Crippen molar-refractivity contribution in [1.29, 1.82) is 0 Å². The van der Waals surface area contributed by atoms with Crippen LogP contribution >= 0.6 is 0 Å². The molecule has 9 nitrogen and oxygen atoms in total. The summed E-state index contributed by atoms with van der Waals surface area (Å²) >= 11 is 0. The van der Waals surface area contributed by atoms with E-state index in [1.165, 1.54) is 4.31 Å². The van der Waals surface area contributed by atoms with Crippen molar-refractivity contribution >= 4 is 21.9 Å². The molecule has 27 heavy (non-hydrogen) atoms. The predicted octanol–water partition coefficient (Wildman–Crippen LogP) is 1.02. The number of rotatable bonds is 4. The van der Waals surface area contributed by atoms with Gasteiger partial charge in [0.05, 0.1) is 5.92 Å². The minimum absolute atomic E-state index is 0.0599. The molecule has 1 aromatic rings. The number of carboxylic acid groups (broad SMARTS) is 1. The Balaban J connectivity index is 1.63. The molecule has 1 N–H and O–H groups in total. The molecule has 1 amide bonds. The number of sulfonamides is 1. The summed E-state index contributed by atoms with van der Waals surface area (Å²) < 4.78 is 32.1. The molecule has 0 spiro atoms. The summed E-state index contributed by atoms with van der Waals surface area (Å²) in [6.07, 6.45) is 2.13. The second-order valence-electron chi connectivity index (χ2n) is 7.29. The number of hydrogen-bond acceptors (Lipinski definition) is 6. The average Bonchev–Trinajstić information content (AvgIpc) is 3.00. The van der Waals surface area contributed by atoms with E-state index in [2.05, 4.69) is 5.16 Å². The maximum atomic E-state index is 12.9. The van der Waals surface area contributed by atoms with Gasteiger partial charge in [-0.3, -0.25) is 9.59 Å². The van der Waals surface area contributed by atoms with Crippen LogP contribution in [0.2, 0.25) is 0 Å². The zero-order chi connectivity index (χ0) is 19.8. The summed E-state index contributed by atoms with van der Waals surface area (Å²) in [5.41, 5.74) is 0.332. The highest BCUT2D eigenvalue weighted by Gasteiger charge is 2.37. The van der Waals surface area contributed by atoms with Crippen molar-refractivity contribution in [3.05, 3.63) is 11.5 Å². The number of carboxylic acids is 1. The fraction of sp³-hybridized carbons (Fsp3) is 0.706. The molecule has 0 saturated carbocycles. The van der Waals surface area contributed by atoms with E-state index in [1.54, 1.807) is 18.7 Å². The lowest BCUT2D eigenvalue weighted by atomic mass is 9.93. The molecule has 0 aromatic carbocycles. The molecule has 2 fully saturated rings. The van der Waals surface area contributed by atoms with Crippen LogP contribution in [0.5, 0.6) is 0 Å². The minimum Gasteiger partial charge on any atom is -0.481 e. The molecular formula is C17H25N3O6S. The van der Waals surface area contributed by atoms with E-state index in [-0.39, 0.29) is 42.1 Å². The summed E-state index contributed by atoms with van der Waals surface area (Å²) in [5, 5.41) is 12.9. The van der Waals surface area contributed by atoms with Crippen molar-refractivity contribution in [2.45, 2.75) is 44.4 Å². The summed E-state index contributed by atoms with van der Waals surface area (Å²) in [4.78, 5) is 25.7. The van der Waals surface area contributed by atoms with Gasteiger partial charge in [-0.2, -0.15) is 4.31 Å². The van der Waals surface area contributed by atoms with Crippen molar-refractivity contribution in [2.24, 2.45) is 11.8 Å². The first-order valence-electron chi connectivity index (χ1n) is 9.16. The highest BCUT2D eigenvalue weighted by atomic mass is 32.2. The fourth-order valence-corrected chi connectivity index (χ4v) is 5.71. The fourth-order valence-electron chi connectivity index (χ4n) is 3.95. The van der Waals surface area contributed by atoms with Crippen LogP contribution in [0.1, 0.15) is 37.1 Å². The third-order valence-electron chi connectivity index (χ3n) is 5.45. The van der Waals surface area contributed by atoms with E-state index in [9.17, 15) is 23.1 Å². The Hall–Kier alpha value is -1.94. The third-order valence-corrected chi connectivity index (χ3v) is 7.59. The number of carbonyl (C=O) groups is 2. The SMILES string of the molecule is Cc1noc(C)c1S(=O)(=O)N1CCC(C(=O)N2CCCC(C(=O)O)C2)CC1. The van der Waals surface area contributed by atoms with Crippen molar-refractivity contribution in [3.63, 3.8) is 0 Å². The molecule has 1 unspecified atom stereocenters. The van der Waals surface area contributed by atoms with Gasteiger partial charge in [0.15, 0.2) is 5.76 Å². The summed E-state index contributed by atoms with van der Waals surface area (Å²) in [6.45, 7) is 4.47. The molecule has 1 atom stereocenters. The molecule has 0 bridgehead atoms. The second-order valence-corrected chi connectivity index (χ2v) is 9.17. The van der Waals surface area contributed by atoms with Gasteiger partial charge in [-0.1, -0.05) is 5.16 Å². The number of nitrogens with zero attached hydrogens (tertiary/aromatic N) is 3. The van der Waals surface area contributed by atoms with Gasteiger partial charge in [-0.15, -0.1) is 0 Å². The zero-order valence-corrected chi connectivity index (χ0v) is 16.4. The van der Waals surface area contributed by atoms with E-state index in [0.717, 1.165) is 0 Å². The highest BCUT2D eigenvalue weighted by molar-refractivity contribution is 7.89. The predicted molar refractivity (Wildman–Crippen MR) is 94.4 cm³/mol.